The third-order valence-electron chi connectivity index (χ3n) is 5.20. The maximum atomic E-state index is 13.1. The Hall–Kier alpha value is -2.06. The van der Waals surface area contributed by atoms with Crippen LogP contribution in [0.25, 0.3) is 0 Å². The molecule has 152 valence electrons. The van der Waals surface area contributed by atoms with Crippen molar-refractivity contribution in [3.8, 4) is 0 Å². The van der Waals surface area contributed by atoms with E-state index in [4.69, 9.17) is 0 Å². The first kappa shape index (κ1) is 20.7. The molecule has 1 heterocycles. The van der Waals surface area contributed by atoms with Crippen molar-refractivity contribution in [3.05, 3.63) is 47.3 Å². The van der Waals surface area contributed by atoms with Gasteiger partial charge in [0.2, 0.25) is 0 Å². The second-order valence-electron chi connectivity index (χ2n) is 7.40. The first-order valence-electron chi connectivity index (χ1n) is 9.07. The smallest absolute Gasteiger partial charge is 0.322 e. The topological polar surface area (TPSA) is 59.0 Å². The van der Waals surface area contributed by atoms with Crippen LogP contribution in [0.4, 0.5) is 18.9 Å². The number of carbonyl (C=O) groups is 1. The molecule has 0 radical (unpaired) electrons. The lowest BCUT2D eigenvalue weighted by atomic mass is 10.1. The molecular formula is C19H22ClF3N4O. The Bertz CT molecular complexity index is 846. The summed E-state index contributed by atoms with van der Waals surface area (Å²) in [6.45, 7) is 1.09. The third kappa shape index (κ3) is 4.50. The van der Waals surface area contributed by atoms with Crippen molar-refractivity contribution < 1.29 is 18.0 Å². The number of amides is 1. The molecule has 0 saturated heterocycles. The fraction of sp³-hybridized carbons (Fsp3) is 0.474. The number of hydrogen-bond donors (Lipinski definition) is 2. The van der Waals surface area contributed by atoms with Crippen molar-refractivity contribution in [1.29, 1.82) is 0 Å². The minimum absolute atomic E-state index is 0. The van der Waals surface area contributed by atoms with E-state index < -0.39 is 23.3 Å². The van der Waals surface area contributed by atoms with Crippen LogP contribution < -0.4 is 10.6 Å². The first-order valence-corrected chi connectivity index (χ1v) is 9.07. The number of hydrogen-bond acceptors (Lipinski definition) is 3. The van der Waals surface area contributed by atoms with E-state index in [0.717, 1.165) is 32.1 Å². The Kier molecular flexibility index (Phi) is 5.72. The highest BCUT2D eigenvalue weighted by atomic mass is 35.5. The van der Waals surface area contributed by atoms with Crippen molar-refractivity contribution >= 4 is 24.0 Å². The van der Waals surface area contributed by atoms with Crippen molar-refractivity contribution in [1.82, 2.24) is 15.1 Å². The highest BCUT2D eigenvalue weighted by Gasteiger charge is 2.40. The van der Waals surface area contributed by atoms with Gasteiger partial charge >= 0.3 is 6.18 Å². The van der Waals surface area contributed by atoms with Crippen LogP contribution in [0.3, 0.4) is 0 Å². The number of carbonyl (C=O) groups excluding carboxylic acids is 1. The molecule has 1 aromatic heterocycles. The lowest BCUT2D eigenvalue weighted by Crippen LogP contribution is -2.20. The van der Waals surface area contributed by atoms with E-state index in [-0.39, 0.29) is 12.4 Å². The van der Waals surface area contributed by atoms with Gasteiger partial charge in [-0.1, -0.05) is 12.1 Å². The number of benzene rings is 1. The predicted octanol–water partition coefficient (Wildman–Crippen LogP) is 3.97. The predicted molar refractivity (Wildman–Crippen MR) is 102 cm³/mol. The summed E-state index contributed by atoms with van der Waals surface area (Å²) < 4.78 is 40.0. The number of alkyl halides is 3. The lowest BCUT2D eigenvalue weighted by molar-refractivity contribution is -0.144. The van der Waals surface area contributed by atoms with Crippen molar-refractivity contribution in [3.63, 3.8) is 0 Å². The summed E-state index contributed by atoms with van der Waals surface area (Å²) in [5, 5.41) is 9.66. The van der Waals surface area contributed by atoms with Crippen molar-refractivity contribution in [2.45, 2.75) is 37.4 Å². The zero-order valence-corrected chi connectivity index (χ0v) is 16.1. The molecule has 0 spiro atoms. The molecule has 2 aromatic rings. The maximum absolute atomic E-state index is 13.1. The van der Waals surface area contributed by atoms with Crippen LogP contribution in [0.2, 0.25) is 0 Å². The molecule has 0 bridgehead atoms. The fourth-order valence-corrected chi connectivity index (χ4v) is 3.38. The van der Waals surface area contributed by atoms with Crippen molar-refractivity contribution in [2.75, 3.05) is 11.9 Å². The summed E-state index contributed by atoms with van der Waals surface area (Å²) in [5.74, 6) is 0.500. The highest BCUT2D eigenvalue weighted by Crippen LogP contribution is 2.42. The molecule has 0 aliphatic heterocycles. The van der Waals surface area contributed by atoms with Gasteiger partial charge in [-0.05, 0) is 49.4 Å². The number of aryl methyl sites for hydroxylation is 1. The van der Waals surface area contributed by atoms with Gasteiger partial charge in [-0.2, -0.15) is 18.3 Å². The van der Waals surface area contributed by atoms with Gasteiger partial charge in [0.1, 0.15) is 0 Å². The quantitative estimate of drug-likeness (QED) is 0.752. The van der Waals surface area contributed by atoms with Crippen LogP contribution in [0.1, 0.15) is 46.8 Å². The zero-order chi connectivity index (χ0) is 19.2. The van der Waals surface area contributed by atoms with Gasteiger partial charge in [0, 0.05) is 24.7 Å². The molecule has 4 rings (SSSR count). The average molecular weight is 415 g/mol. The molecular weight excluding hydrogens is 393 g/mol. The number of aromatic nitrogens is 2. The molecule has 2 saturated carbocycles. The summed E-state index contributed by atoms with van der Waals surface area (Å²) >= 11 is 0. The summed E-state index contributed by atoms with van der Waals surface area (Å²) in [6, 6.07) is 7.82. The molecule has 2 aliphatic carbocycles. The molecule has 5 nitrogen and oxygen atoms in total. The van der Waals surface area contributed by atoms with Crippen LogP contribution in [-0.2, 0) is 13.2 Å². The van der Waals surface area contributed by atoms with Gasteiger partial charge in [0.25, 0.3) is 5.91 Å². The number of halogens is 4. The molecule has 9 heteroatoms. The molecule has 2 N–H and O–H groups in total. The van der Waals surface area contributed by atoms with E-state index in [1.165, 1.54) is 18.4 Å². The van der Waals surface area contributed by atoms with E-state index in [1.807, 2.05) is 12.1 Å². The van der Waals surface area contributed by atoms with Gasteiger partial charge < -0.3 is 10.6 Å². The average Bonchev–Trinajstić information content (AvgIpc) is 3.51. The SMILES string of the molecule is Cl.Cn1ncc(C(=O)Nc2ccc(C3CC3NCC3CC3)cc2)c1C(F)(F)F. The zero-order valence-electron chi connectivity index (χ0n) is 15.3. The maximum Gasteiger partial charge on any atom is 0.433 e. The Balaban J connectivity index is 0.00000225. The molecule has 2 fully saturated rings. The minimum Gasteiger partial charge on any atom is -0.322 e. The normalized spacial score (nSPS) is 21.1. The van der Waals surface area contributed by atoms with E-state index in [0.29, 0.717) is 22.3 Å². The standard InChI is InChI=1S/C19H21F3N4O.ClH/c1-26-17(19(20,21)22)15(10-24-26)18(27)25-13-6-4-12(5-7-13)14-8-16(14)23-9-11-2-3-11;/h4-7,10-11,14,16,23H,2-3,8-9H2,1H3,(H,25,27);1H. The Labute approximate surface area is 167 Å². The summed E-state index contributed by atoms with van der Waals surface area (Å²) in [4.78, 5) is 12.3. The molecule has 2 aliphatic rings. The van der Waals surface area contributed by atoms with Gasteiger partial charge in [0.15, 0.2) is 5.69 Å². The molecule has 1 amide bonds. The molecule has 2 unspecified atom stereocenters. The highest BCUT2D eigenvalue weighted by molar-refractivity contribution is 6.05. The number of nitrogens with zero attached hydrogens (tertiary/aromatic N) is 2. The van der Waals surface area contributed by atoms with Gasteiger partial charge in [-0.3, -0.25) is 9.48 Å². The van der Waals surface area contributed by atoms with E-state index >= 15 is 0 Å². The second kappa shape index (κ2) is 7.75. The third-order valence-corrected chi connectivity index (χ3v) is 5.20. The Morgan fingerprint density at radius 1 is 1.25 bits per heavy atom. The first-order chi connectivity index (χ1) is 12.8. The summed E-state index contributed by atoms with van der Waals surface area (Å²) in [5.41, 5.74) is 0.0994. The number of nitrogens with one attached hydrogen (secondary N) is 2. The fourth-order valence-electron chi connectivity index (χ4n) is 3.38. The minimum atomic E-state index is -4.64. The van der Waals surface area contributed by atoms with Gasteiger partial charge in [0.05, 0.1) is 11.8 Å². The summed E-state index contributed by atoms with van der Waals surface area (Å²) in [6.07, 6.45) is 0.0453. The lowest BCUT2D eigenvalue weighted by Gasteiger charge is -2.10. The van der Waals surface area contributed by atoms with Crippen LogP contribution in [0, 0.1) is 5.92 Å². The van der Waals surface area contributed by atoms with Crippen LogP contribution in [0.15, 0.2) is 30.5 Å². The van der Waals surface area contributed by atoms with Crippen molar-refractivity contribution in [2.24, 2.45) is 13.0 Å². The molecule has 1 aromatic carbocycles. The van der Waals surface area contributed by atoms with E-state index in [1.54, 1.807) is 12.1 Å². The van der Waals surface area contributed by atoms with Gasteiger partial charge in [-0.15, -0.1) is 12.4 Å². The van der Waals surface area contributed by atoms with Crippen LogP contribution >= 0.6 is 12.4 Å². The van der Waals surface area contributed by atoms with E-state index in [9.17, 15) is 18.0 Å². The summed E-state index contributed by atoms with van der Waals surface area (Å²) in [7, 11) is 1.16. The molecule has 28 heavy (non-hydrogen) atoms. The number of rotatable bonds is 6. The Morgan fingerprint density at radius 2 is 1.93 bits per heavy atom. The van der Waals surface area contributed by atoms with Crippen LogP contribution in [-0.4, -0.2) is 28.3 Å². The largest absolute Gasteiger partial charge is 0.433 e. The Morgan fingerprint density at radius 3 is 2.54 bits per heavy atom. The molecule has 2 atom stereocenters. The number of anilines is 1. The second-order valence-corrected chi connectivity index (χ2v) is 7.40. The van der Waals surface area contributed by atoms with Gasteiger partial charge in [-0.25, -0.2) is 0 Å². The monoisotopic (exact) mass is 414 g/mol. The van der Waals surface area contributed by atoms with Crippen LogP contribution in [0.5, 0.6) is 0 Å². The van der Waals surface area contributed by atoms with E-state index in [2.05, 4.69) is 15.7 Å².